The zero-order chi connectivity index (χ0) is 23.5. The van der Waals surface area contributed by atoms with Crippen LogP contribution < -0.4 is 0 Å². The van der Waals surface area contributed by atoms with Gasteiger partial charge in [0, 0.05) is 44.0 Å². The average molecular weight is 470 g/mol. The van der Waals surface area contributed by atoms with Gasteiger partial charge in [0.2, 0.25) is 5.95 Å². The zero-order valence-electron chi connectivity index (χ0n) is 18.9. The van der Waals surface area contributed by atoms with Crippen LogP contribution in [-0.2, 0) is 0 Å². The normalized spacial score (nSPS) is 12.1. The van der Waals surface area contributed by atoms with E-state index in [1.807, 2.05) is 43.5 Å². The average Bonchev–Trinajstić information content (AvgIpc) is 3.44. The highest BCUT2D eigenvalue weighted by atomic mass is 32.1. The fraction of sp³-hybridized carbons (Fsp3) is 0.0345. The molecule has 0 aliphatic carbocycles. The van der Waals surface area contributed by atoms with Crippen molar-refractivity contribution < 1.29 is 0 Å². The predicted molar refractivity (Wildman–Crippen MR) is 150 cm³/mol. The summed E-state index contributed by atoms with van der Waals surface area (Å²) in [6.07, 6.45) is 3.66. The second kappa shape index (κ2) is 7.55. The Labute approximate surface area is 204 Å². The lowest BCUT2D eigenvalue weighted by Gasteiger charge is -2.10. The van der Waals surface area contributed by atoms with Gasteiger partial charge < -0.3 is 0 Å². The van der Waals surface area contributed by atoms with E-state index < -0.39 is 0 Å². The number of benzene rings is 4. The third-order valence-electron chi connectivity index (χ3n) is 6.49. The molecular formula is C29H19N5S. The lowest BCUT2D eigenvalue weighted by Crippen LogP contribution is -2.01. The highest BCUT2D eigenvalue weighted by Gasteiger charge is 2.22. The molecule has 0 amide bonds. The molecule has 5 nitrogen and oxygen atoms in total. The maximum atomic E-state index is 4.99. The van der Waals surface area contributed by atoms with Crippen molar-refractivity contribution in [3.8, 4) is 5.95 Å². The Morgan fingerprint density at radius 1 is 0.857 bits per heavy atom. The van der Waals surface area contributed by atoms with Crippen LogP contribution in [0.5, 0.6) is 0 Å². The van der Waals surface area contributed by atoms with Crippen LogP contribution in [0.2, 0.25) is 0 Å². The summed E-state index contributed by atoms with van der Waals surface area (Å²) >= 11 is 1.79. The second-order valence-corrected chi connectivity index (χ2v) is 9.43. The van der Waals surface area contributed by atoms with E-state index >= 15 is 0 Å². The van der Waals surface area contributed by atoms with Gasteiger partial charge in [0.1, 0.15) is 5.69 Å². The van der Waals surface area contributed by atoms with Crippen molar-refractivity contribution in [2.75, 3.05) is 0 Å². The summed E-state index contributed by atoms with van der Waals surface area (Å²) in [7, 11) is 0. The molecule has 166 valence electrons. The third kappa shape index (κ3) is 2.80. The molecule has 0 spiro atoms. The van der Waals surface area contributed by atoms with Crippen LogP contribution in [0.3, 0.4) is 0 Å². The SMILES string of the molecule is C=Nc1c(N=CC)ccc2c3ccc4c5ccccc5sc4c3n(-c3ncc4ccccc4n3)c12. The molecule has 0 saturated carbocycles. The first-order chi connectivity index (χ1) is 17.3. The first kappa shape index (κ1) is 20.0. The third-order valence-corrected chi connectivity index (χ3v) is 7.68. The zero-order valence-corrected chi connectivity index (χ0v) is 19.8. The van der Waals surface area contributed by atoms with E-state index in [0.29, 0.717) is 5.95 Å². The van der Waals surface area contributed by atoms with Gasteiger partial charge in [0.25, 0.3) is 0 Å². The van der Waals surface area contributed by atoms with E-state index in [1.165, 1.54) is 20.2 Å². The summed E-state index contributed by atoms with van der Waals surface area (Å²) in [5, 5.41) is 5.69. The van der Waals surface area contributed by atoms with Crippen LogP contribution in [0, 0.1) is 0 Å². The lowest BCUT2D eigenvalue weighted by atomic mass is 10.1. The van der Waals surface area contributed by atoms with Gasteiger partial charge >= 0.3 is 0 Å². The van der Waals surface area contributed by atoms with Gasteiger partial charge in [-0.05, 0) is 37.9 Å². The molecule has 7 aromatic rings. The molecule has 0 N–H and O–H groups in total. The first-order valence-electron chi connectivity index (χ1n) is 11.4. The lowest BCUT2D eigenvalue weighted by molar-refractivity contribution is 1.01. The van der Waals surface area contributed by atoms with E-state index in [9.17, 15) is 0 Å². The fourth-order valence-corrected chi connectivity index (χ4v) is 6.25. The summed E-state index contributed by atoms with van der Waals surface area (Å²) in [5.41, 5.74) is 4.39. The summed E-state index contributed by atoms with van der Waals surface area (Å²) in [4.78, 5) is 18.8. The number of thiophene rings is 1. The number of aromatic nitrogens is 3. The van der Waals surface area contributed by atoms with Crippen LogP contribution in [0.1, 0.15) is 6.92 Å². The highest BCUT2D eigenvalue weighted by molar-refractivity contribution is 7.26. The molecule has 35 heavy (non-hydrogen) atoms. The number of nitrogens with zero attached hydrogens (tertiary/aromatic N) is 5. The Hall–Kier alpha value is -4.42. The Bertz CT molecular complexity index is 1990. The van der Waals surface area contributed by atoms with Crippen LogP contribution in [-0.4, -0.2) is 27.5 Å². The number of para-hydroxylation sites is 1. The maximum absolute atomic E-state index is 4.99. The van der Waals surface area contributed by atoms with Crippen molar-refractivity contribution >= 4 is 88.5 Å². The minimum absolute atomic E-state index is 0.608. The van der Waals surface area contributed by atoms with Gasteiger partial charge in [-0.2, -0.15) is 0 Å². The molecule has 4 aromatic carbocycles. The largest absolute Gasteiger partial charge is 0.274 e. The number of hydrogen-bond donors (Lipinski definition) is 0. The van der Waals surface area contributed by atoms with Gasteiger partial charge in [0.15, 0.2) is 0 Å². The first-order valence-corrected chi connectivity index (χ1v) is 12.2. The molecule has 6 heteroatoms. The van der Waals surface area contributed by atoms with E-state index in [-0.39, 0.29) is 0 Å². The molecule has 3 aromatic heterocycles. The van der Waals surface area contributed by atoms with Crippen molar-refractivity contribution in [1.82, 2.24) is 14.5 Å². The molecule has 0 unspecified atom stereocenters. The smallest absolute Gasteiger partial charge is 0.235 e. The minimum Gasteiger partial charge on any atom is -0.274 e. The summed E-state index contributed by atoms with van der Waals surface area (Å²) < 4.78 is 4.60. The predicted octanol–water partition coefficient (Wildman–Crippen LogP) is 8.15. The Morgan fingerprint density at radius 3 is 2.51 bits per heavy atom. The fourth-order valence-electron chi connectivity index (χ4n) is 5.01. The van der Waals surface area contributed by atoms with Crippen LogP contribution in [0.25, 0.3) is 58.8 Å². The Kier molecular flexibility index (Phi) is 4.31. The van der Waals surface area contributed by atoms with Gasteiger partial charge in [0.05, 0.1) is 26.9 Å². The second-order valence-electron chi connectivity index (χ2n) is 8.38. The highest BCUT2D eigenvalue weighted by Crippen LogP contribution is 2.46. The van der Waals surface area contributed by atoms with E-state index in [4.69, 9.17) is 9.97 Å². The van der Waals surface area contributed by atoms with Crippen LogP contribution in [0.4, 0.5) is 11.4 Å². The van der Waals surface area contributed by atoms with Crippen molar-refractivity contribution in [3.63, 3.8) is 0 Å². The Morgan fingerprint density at radius 2 is 1.63 bits per heavy atom. The monoisotopic (exact) mass is 469 g/mol. The number of aliphatic imine (C=N–C) groups is 2. The standard InChI is InChI=1S/C29H19N5S/c1-3-31-23-15-14-19-20-12-13-21-18-9-5-7-11-24(18)35-28(21)27(20)34(26(19)25(23)30-2)29-32-16-17-8-4-6-10-22(17)33-29/h3-16H,2H2,1H3. The molecule has 0 aliphatic heterocycles. The number of hydrogen-bond acceptors (Lipinski definition) is 5. The number of fused-ring (bicyclic) bond motifs is 8. The molecule has 0 radical (unpaired) electrons. The van der Waals surface area contributed by atoms with E-state index in [0.717, 1.165) is 44.1 Å². The number of rotatable bonds is 3. The molecule has 0 saturated heterocycles. The topological polar surface area (TPSA) is 55.4 Å². The summed E-state index contributed by atoms with van der Waals surface area (Å²) in [5.74, 6) is 0.608. The van der Waals surface area contributed by atoms with Gasteiger partial charge in [-0.3, -0.25) is 14.6 Å². The minimum atomic E-state index is 0.608. The van der Waals surface area contributed by atoms with Crippen molar-refractivity contribution in [1.29, 1.82) is 0 Å². The van der Waals surface area contributed by atoms with Crippen molar-refractivity contribution in [3.05, 3.63) is 79.0 Å². The molecule has 7 rings (SSSR count). The quantitative estimate of drug-likeness (QED) is 0.245. The van der Waals surface area contributed by atoms with Gasteiger partial charge in [-0.25, -0.2) is 9.97 Å². The molecule has 3 heterocycles. The van der Waals surface area contributed by atoms with Gasteiger partial charge in [-0.1, -0.05) is 48.5 Å². The molecule has 0 atom stereocenters. The Balaban J connectivity index is 1.74. The molecule has 0 bridgehead atoms. The van der Waals surface area contributed by atoms with E-state index in [1.54, 1.807) is 17.6 Å². The van der Waals surface area contributed by atoms with Crippen LogP contribution >= 0.6 is 11.3 Å². The van der Waals surface area contributed by atoms with Gasteiger partial charge in [-0.15, -0.1) is 11.3 Å². The maximum Gasteiger partial charge on any atom is 0.235 e. The van der Waals surface area contributed by atoms with E-state index in [2.05, 4.69) is 63.7 Å². The molecule has 0 aliphatic rings. The molecule has 0 fully saturated rings. The summed E-state index contributed by atoms with van der Waals surface area (Å²) in [6, 6.07) is 25.1. The summed E-state index contributed by atoms with van der Waals surface area (Å²) in [6.45, 7) is 5.80. The van der Waals surface area contributed by atoms with Crippen molar-refractivity contribution in [2.45, 2.75) is 6.92 Å². The van der Waals surface area contributed by atoms with Crippen LogP contribution in [0.15, 0.2) is 89.0 Å². The molecular weight excluding hydrogens is 450 g/mol. The van der Waals surface area contributed by atoms with Crippen molar-refractivity contribution in [2.24, 2.45) is 9.98 Å².